The Morgan fingerprint density at radius 3 is 2.50 bits per heavy atom. The van der Waals surface area contributed by atoms with Crippen LogP contribution in [0.25, 0.3) is 10.9 Å². The number of fused-ring (bicyclic) bond motifs is 1. The van der Waals surface area contributed by atoms with E-state index >= 15 is 0 Å². The van der Waals surface area contributed by atoms with Crippen LogP contribution < -0.4 is 9.47 Å². The maximum absolute atomic E-state index is 5.82. The Hall–Kier alpha value is -2.55. The Bertz CT molecular complexity index is 711. The standard InChI is InChI=1S/C17H15NO2/c1-19-17-11-13(12-20-14-7-3-2-4-8-14)15-9-5-6-10-16(15)18-17/h2-11H,12H2,1H3. The van der Waals surface area contributed by atoms with E-state index in [4.69, 9.17) is 9.47 Å². The number of benzene rings is 2. The highest BCUT2D eigenvalue weighted by atomic mass is 16.5. The van der Waals surface area contributed by atoms with Crippen molar-refractivity contribution in [1.29, 1.82) is 0 Å². The van der Waals surface area contributed by atoms with Gasteiger partial charge < -0.3 is 9.47 Å². The van der Waals surface area contributed by atoms with Crippen LogP contribution in [0.3, 0.4) is 0 Å². The van der Waals surface area contributed by atoms with Crippen molar-refractivity contribution < 1.29 is 9.47 Å². The molecule has 3 rings (SSSR count). The summed E-state index contributed by atoms with van der Waals surface area (Å²) in [4.78, 5) is 4.43. The molecular weight excluding hydrogens is 250 g/mol. The van der Waals surface area contributed by atoms with Gasteiger partial charge in [0.1, 0.15) is 12.4 Å². The summed E-state index contributed by atoms with van der Waals surface area (Å²) >= 11 is 0. The predicted octanol–water partition coefficient (Wildman–Crippen LogP) is 3.82. The summed E-state index contributed by atoms with van der Waals surface area (Å²) in [5.74, 6) is 1.46. The summed E-state index contributed by atoms with van der Waals surface area (Å²) in [6, 6.07) is 19.7. The van der Waals surface area contributed by atoms with Crippen LogP contribution in [0, 0.1) is 0 Å². The molecule has 2 aromatic carbocycles. The fourth-order valence-electron chi connectivity index (χ4n) is 2.12. The summed E-state index contributed by atoms with van der Waals surface area (Å²) in [5.41, 5.74) is 1.98. The molecule has 3 heteroatoms. The van der Waals surface area contributed by atoms with E-state index in [1.807, 2.05) is 60.7 Å². The zero-order chi connectivity index (χ0) is 13.8. The highest BCUT2D eigenvalue weighted by Crippen LogP contribution is 2.23. The number of rotatable bonds is 4. The molecule has 0 spiro atoms. The summed E-state index contributed by atoms with van der Waals surface area (Å²) in [6.45, 7) is 0.489. The first-order valence-electron chi connectivity index (χ1n) is 6.47. The minimum Gasteiger partial charge on any atom is -0.489 e. The lowest BCUT2D eigenvalue weighted by Crippen LogP contribution is -1.99. The monoisotopic (exact) mass is 265 g/mol. The number of methoxy groups -OCH3 is 1. The van der Waals surface area contributed by atoms with Gasteiger partial charge in [-0.1, -0.05) is 36.4 Å². The van der Waals surface area contributed by atoms with E-state index in [2.05, 4.69) is 4.98 Å². The topological polar surface area (TPSA) is 31.4 Å². The van der Waals surface area contributed by atoms with Crippen molar-refractivity contribution in [2.75, 3.05) is 7.11 Å². The number of hydrogen-bond donors (Lipinski definition) is 0. The van der Waals surface area contributed by atoms with Crippen LogP contribution >= 0.6 is 0 Å². The van der Waals surface area contributed by atoms with Gasteiger partial charge in [0.2, 0.25) is 5.88 Å². The van der Waals surface area contributed by atoms with Crippen molar-refractivity contribution in [3.8, 4) is 11.6 Å². The quantitative estimate of drug-likeness (QED) is 0.718. The number of nitrogens with zero attached hydrogens (tertiary/aromatic N) is 1. The third kappa shape index (κ3) is 2.57. The fraction of sp³-hybridized carbons (Fsp3) is 0.118. The van der Waals surface area contributed by atoms with Crippen LogP contribution in [-0.4, -0.2) is 12.1 Å². The number of aromatic nitrogens is 1. The molecule has 1 aromatic heterocycles. The Balaban J connectivity index is 1.93. The number of para-hydroxylation sites is 2. The fourth-order valence-corrected chi connectivity index (χ4v) is 2.12. The van der Waals surface area contributed by atoms with Gasteiger partial charge in [0.15, 0.2) is 0 Å². The predicted molar refractivity (Wildman–Crippen MR) is 79.1 cm³/mol. The first-order chi connectivity index (χ1) is 9.86. The van der Waals surface area contributed by atoms with E-state index in [9.17, 15) is 0 Å². The van der Waals surface area contributed by atoms with Crippen molar-refractivity contribution >= 4 is 10.9 Å². The molecule has 0 saturated heterocycles. The summed E-state index contributed by atoms with van der Waals surface area (Å²) in [6.07, 6.45) is 0. The minimum atomic E-state index is 0.489. The third-order valence-electron chi connectivity index (χ3n) is 3.13. The third-order valence-corrected chi connectivity index (χ3v) is 3.13. The summed E-state index contributed by atoms with van der Waals surface area (Å²) < 4.78 is 11.1. The first kappa shape index (κ1) is 12.5. The molecule has 0 atom stereocenters. The second-order valence-electron chi connectivity index (χ2n) is 4.44. The van der Waals surface area contributed by atoms with Crippen LogP contribution in [0.4, 0.5) is 0 Å². The van der Waals surface area contributed by atoms with E-state index in [1.54, 1.807) is 7.11 Å². The van der Waals surface area contributed by atoms with Crippen molar-refractivity contribution in [1.82, 2.24) is 4.98 Å². The molecule has 0 bridgehead atoms. The largest absolute Gasteiger partial charge is 0.489 e. The molecule has 0 radical (unpaired) electrons. The molecule has 0 N–H and O–H groups in total. The Morgan fingerprint density at radius 2 is 1.70 bits per heavy atom. The van der Waals surface area contributed by atoms with Crippen LogP contribution in [0.5, 0.6) is 11.6 Å². The molecule has 0 unspecified atom stereocenters. The molecule has 0 aliphatic carbocycles. The smallest absolute Gasteiger partial charge is 0.213 e. The highest BCUT2D eigenvalue weighted by molar-refractivity contribution is 5.82. The van der Waals surface area contributed by atoms with E-state index < -0.39 is 0 Å². The van der Waals surface area contributed by atoms with Gasteiger partial charge in [-0.25, -0.2) is 4.98 Å². The molecular formula is C17H15NO2. The molecule has 0 aliphatic heterocycles. The van der Waals surface area contributed by atoms with Crippen LogP contribution in [-0.2, 0) is 6.61 Å². The zero-order valence-electron chi connectivity index (χ0n) is 11.2. The molecule has 3 nitrogen and oxygen atoms in total. The van der Waals surface area contributed by atoms with Crippen molar-refractivity contribution in [2.45, 2.75) is 6.61 Å². The number of ether oxygens (including phenoxy) is 2. The maximum atomic E-state index is 5.82. The second-order valence-corrected chi connectivity index (χ2v) is 4.44. The normalized spacial score (nSPS) is 10.4. The zero-order valence-corrected chi connectivity index (χ0v) is 11.2. The Labute approximate surface area is 117 Å². The van der Waals surface area contributed by atoms with E-state index in [0.717, 1.165) is 22.2 Å². The van der Waals surface area contributed by atoms with Gasteiger partial charge in [0.25, 0.3) is 0 Å². The molecule has 0 amide bonds. The van der Waals surface area contributed by atoms with Crippen molar-refractivity contribution in [3.05, 3.63) is 66.2 Å². The van der Waals surface area contributed by atoms with Gasteiger partial charge in [-0.15, -0.1) is 0 Å². The van der Waals surface area contributed by atoms with Gasteiger partial charge in [-0.3, -0.25) is 0 Å². The van der Waals surface area contributed by atoms with Crippen LogP contribution in [0.15, 0.2) is 60.7 Å². The highest BCUT2D eigenvalue weighted by Gasteiger charge is 2.06. The van der Waals surface area contributed by atoms with E-state index in [0.29, 0.717) is 12.5 Å². The first-order valence-corrected chi connectivity index (χ1v) is 6.47. The molecule has 0 fully saturated rings. The molecule has 0 aliphatic rings. The molecule has 100 valence electrons. The maximum Gasteiger partial charge on any atom is 0.213 e. The summed E-state index contributed by atoms with van der Waals surface area (Å²) in [5, 5.41) is 1.09. The minimum absolute atomic E-state index is 0.489. The van der Waals surface area contributed by atoms with E-state index in [-0.39, 0.29) is 0 Å². The van der Waals surface area contributed by atoms with Crippen LogP contribution in [0.1, 0.15) is 5.56 Å². The van der Waals surface area contributed by atoms with Crippen molar-refractivity contribution in [3.63, 3.8) is 0 Å². The second kappa shape index (κ2) is 5.61. The summed E-state index contributed by atoms with van der Waals surface area (Å²) in [7, 11) is 1.62. The van der Waals surface area contributed by atoms with Crippen molar-refractivity contribution in [2.24, 2.45) is 0 Å². The number of pyridine rings is 1. The molecule has 20 heavy (non-hydrogen) atoms. The molecule has 3 aromatic rings. The SMILES string of the molecule is COc1cc(COc2ccccc2)c2ccccc2n1. The lowest BCUT2D eigenvalue weighted by Gasteiger charge is -2.10. The average Bonchev–Trinajstić information content (AvgIpc) is 2.53. The Morgan fingerprint density at radius 1 is 0.950 bits per heavy atom. The van der Waals surface area contributed by atoms with Gasteiger partial charge in [0.05, 0.1) is 12.6 Å². The molecule has 1 heterocycles. The van der Waals surface area contributed by atoms with Gasteiger partial charge >= 0.3 is 0 Å². The lowest BCUT2D eigenvalue weighted by molar-refractivity contribution is 0.306. The number of hydrogen-bond acceptors (Lipinski definition) is 3. The van der Waals surface area contributed by atoms with Gasteiger partial charge in [0, 0.05) is 17.0 Å². The lowest BCUT2D eigenvalue weighted by atomic mass is 10.1. The molecule has 0 saturated carbocycles. The van der Waals surface area contributed by atoms with Gasteiger partial charge in [-0.2, -0.15) is 0 Å². The van der Waals surface area contributed by atoms with E-state index in [1.165, 1.54) is 0 Å². The average molecular weight is 265 g/mol. The Kier molecular flexibility index (Phi) is 3.50. The van der Waals surface area contributed by atoms with Crippen LogP contribution in [0.2, 0.25) is 0 Å². The van der Waals surface area contributed by atoms with Gasteiger partial charge in [-0.05, 0) is 18.2 Å².